The lowest BCUT2D eigenvalue weighted by atomic mass is 9.96. The monoisotopic (exact) mass is 513 g/mol. The van der Waals surface area contributed by atoms with Gasteiger partial charge in [0.2, 0.25) is 0 Å². The Labute approximate surface area is 214 Å². The third-order valence-corrected chi connectivity index (χ3v) is 6.57. The number of rotatable bonds is 9. The van der Waals surface area contributed by atoms with Gasteiger partial charge in [0.25, 0.3) is 0 Å². The number of aliphatic carboxylic acids is 1. The number of aliphatic hydroxyl groups is 1. The van der Waals surface area contributed by atoms with Crippen LogP contribution in [0.2, 0.25) is 5.02 Å². The Bertz CT molecular complexity index is 1280. The van der Waals surface area contributed by atoms with Gasteiger partial charge in [0.05, 0.1) is 11.6 Å². The van der Waals surface area contributed by atoms with Crippen LogP contribution in [0.4, 0.5) is 0 Å². The fraction of sp³-hybridized carbons (Fsp3) is 0.296. The van der Waals surface area contributed by atoms with Gasteiger partial charge >= 0.3 is 5.97 Å². The predicted octanol–water partition coefficient (Wildman–Crippen LogP) is 4.30. The fourth-order valence-electron chi connectivity index (χ4n) is 3.84. The van der Waals surface area contributed by atoms with Crippen molar-refractivity contribution in [1.82, 2.24) is 5.32 Å². The molecule has 0 fully saturated rings. The van der Waals surface area contributed by atoms with Crippen molar-refractivity contribution in [3.8, 4) is 34.1 Å². The molecular formula is C27H28ClNO7. The highest BCUT2D eigenvalue weighted by molar-refractivity contribution is 6.32. The molecule has 0 saturated heterocycles. The molecule has 3 aromatic carbocycles. The maximum absolute atomic E-state index is 11.4. The Balaban J connectivity index is 1.49. The number of aromatic hydroxyl groups is 1. The summed E-state index contributed by atoms with van der Waals surface area (Å²) in [6, 6.07) is 14.7. The second-order valence-corrected chi connectivity index (χ2v) is 9.20. The van der Waals surface area contributed by atoms with E-state index in [0.717, 1.165) is 33.8 Å². The highest BCUT2D eigenvalue weighted by atomic mass is 35.5. The predicted molar refractivity (Wildman–Crippen MR) is 135 cm³/mol. The number of phenolic OH excluding ortho intramolecular Hbond substituents is 1. The van der Waals surface area contributed by atoms with Crippen molar-refractivity contribution >= 4 is 17.6 Å². The van der Waals surface area contributed by atoms with Crippen LogP contribution in [0.1, 0.15) is 23.6 Å². The van der Waals surface area contributed by atoms with E-state index in [2.05, 4.69) is 5.32 Å². The summed E-state index contributed by atoms with van der Waals surface area (Å²) in [5.41, 5.74) is 2.85. The van der Waals surface area contributed by atoms with Crippen molar-refractivity contribution in [2.75, 3.05) is 19.8 Å². The molecule has 0 saturated carbocycles. The lowest BCUT2D eigenvalue weighted by molar-refractivity contribution is -0.145. The van der Waals surface area contributed by atoms with Crippen LogP contribution in [0.3, 0.4) is 0 Å². The van der Waals surface area contributed by atoms with Crippen molar-refractivity contribution in [3.63, 3.8) is 0 Å². The minimum Gasteiger partial charge on any atom is -0.507 e. The molecule has 9 heteroatoms. The number of ether oxygens (including phenoxy) is 3. The number of nitrogens with one attached hydrogen (secondary N) is 1. The molecule has 0 bridgehead atoms. The minimum atomic E-state index is -1.55. The number of carboxylic acid groups (broad SMARTS) is 1. The molecule has 8 nitrogen and oxygen atoms in total. The first kappa shape index (κ1) is 25.6. The topological polar surface area (TPSA) is 117 Å². The molecule has 0 aliphatic carbocycles. The van der Waals surface area contributed by atoms with Gasteiger partial charge in [-0.25, -0.2) is 0 Å². The number of aliphatic hydroxyl groups excluding tert-OH is 1. The lowest BCUT2D eigenvalue weighted by Gasteiger charge is -2.24. The number of phenols is 1. The van der Waals surface area contributed by atoms with Crippen molar-refractivity contribution < 1.29 is 34.3 Å². The molecule has 0 spiro atoms. The number of fused-ring (bicyclic) bond motifs is 1. The number of halogens is 1. The van der Waals surface area contributed by atoms with Crippen molar-refractivity contribution in [2.45, 2.75) is 32.5 Å². The van der Waals surface area contributed by atoms with E-state index in [1.807, 2.05) is 43.3 Å². The number of hydrogen-bond acceptors (Lipinski definition) is 7. The molecular weight excluding hydrogens is 486 g/mol. The Morgan fingerprint density at radius 1 is 1.11 bits per heavy atom. The highest BCUT2D eigenvalue weighted by Gasteiger charge is 2.32. The number of carboxylic acids is 1. The molecule has 190 valence electrons. The number of hydrogen-bond donors (Lipinski definition) is 4. The summed E-state index contributed by atoms with van der Waals surface area (Å²) in [6.07, 6.45) is 0. The molecule has 36 heavy (non-hydrogen) atoms. The standard InChI is InChI=1S/C27H28ClNO7/c1-16-18(4-3-5-20(16)17-6-7-23-25(11-17)35-9-8-34-23)14-36-24-12-22(31)19(10-21(24)28)13-29-27(2,15-30)26(32)33/h3-7,10-12,29-31H,8-9,13-15H2,1-2H3,(H,32,33)/t27-/m1/s1. The zero-order valence-corrected chi connectivity index (χ0v) is 20.8. The molecule has 0 aromatic heterocycles. The molecule has 4 rings (SSSR count). The molecule has 1 heterocycles. The van der Waals surface area contributed by atoms with Gasteiger partial charge < -0.3 is 29.5 Å². The quantitative estimate of drug-likeness (QED) is 0.334. The van der Waals surface area contributed by atoms with Crippen LogP contribution in [-0.2, 0) is 17.9 Å². The van der Waals surface area contributed by atoms with Crippen LogP contribution in [0.15, 0.2) is 48.5 Å². The maximum Gasteiger partial charge on any atom is 0.326 e. The number of carbonyl (C=O) groups is 1. The average Bonchev–Trinajstić information content (AvgIpc) is 2.88. The zero-order valence-electron chi connectivity index (χ0n) is 20.0. The van der Waals surface area contributed by atoms with Gasteiger partial charge in [0, 0.05) is 18.2 Å². The van der Waals surface area contributed by atoms with Gasteiger partial charge in [-0.2, -0.15) is 0 Å². The van der Waals surface area contributed by atoms with Crippen molar-refractivity contribution in [3.05, 3.63) is 70.2 Å². The molecule has 1 aliphatic heterocycles. The summed E-state index contributed by atoms with van der Waals surface area (Å²) in [5, 5.41) is 32.1. The third-order valence-electron chi connectivity index (χ3n) is 6.27. The average molecular weight is 514 g/mol. The first-order chi connectivity index (χ1) is 17.2. The van der Waals surface area contributed by atoms with Crippen molar-refractivity contribution in [1.29, 1.82) is 0 Å². The van der Waals surface area contributed by atoms with E-state index in [0.29, 0.717) is 24.5 Å². The van der Waals surface area contributed by atoms with Crippen molar-refractivity contribution in [2.24, 2.45) is 0 Å². The van der Waals surface area contributed by atoms with Gasteiger partial charge in [0.1, 0.15) is 36.9 Å². The number of benzene rings is 3. The Kier molecular flexibility index (Phi) is 7.59. The summed E-state index contributed by atoms with van der Waals surface area (Å²) in [5.74, 6) is 0.447. The molecule has 3 aromatic rings. The van der Waals surface area contributed by atoms with Gasteiger partial charge in [-0.3, -0.25) is 10.1 Å². The summed E-state index contributed by atoms with van der Waals surface area (Å²) >= 11 is 6.39. The Morgan fingerprint density at radius 3 is 2.58 bits per heavy atom. The molecule has 1 aliphatic rings. The van der Waals surface area contributed by atoms with E-state index in [1.165, 1.54) is 19.1 Å². The van der Waals surface area contributed by atoms with E-state index < -0.39 is 18.1 Å². The summed E-state index contributed by atoms with van der Waals surface area (Å²) in [4.78, 5) is 11.4. The Hall–Kier alpha value is -3.46. The largest absolute Gasteiger partial charge is 0.507 e. The van der Waals surface area contributed by atoms with E-state index in [-0.39, 0.29) is 23.9 Å². The maximum atomic E-state index is 11.4. The van der Waals surface area contributed by atoms with Crippen LogP contribution in [0, 0.1) is 6.92 Å². The second-order valence-electron chi connectivity index (χ2n) is 8.80. The SMILES string of the molecule is Cc1c(COc2cc(O)c(CN[C@](C)(CO)C(=O)O)cc2Cl)cccc1-c1ccc2c(c1)OCCO2. The van der Waals surface area contributed by atoms with Gasteiger partial charge in [0.15, 0.2) is 11.5 Å². The first-order valence-electron chi connectivity index (χ1n) is 11.4. The van der Waals surface area contributed by atoms with Gasteiger partial charge in [-0.15, -0.1) is 0 Å². The second kappa shape index (κ2) is 10.7. The van der Waals surface area contributed by atoms with Gasteiger partial charge in [-0.1, -0.05) is 35.9 Å². The van der Waals surface area contributed by atoms with Crippen LogP contribution >= 0.6 is 11.6 Å². The normalized spacial score (nSPS) is 14.2. The zero-order chi connectivity index (χ0) is 25.9. The van der Waals surface area contributed by atoms with Gasteiger partial charge in [-0.05, 0) is 54.3 Å². The van der Waals surface area contributed by atoms with Crippen LogP contribution in [-0.4, -0.2) is 46.6 Å². The van der Waals surface area contributed by atoms with Crippen LogP contribution in [0.25, 0.3) is 11.1 Å². The molecule has 0 radical (unpaired) electrons. The van der Waals surface area contributed by atoms with E-state index in [1.54, 1.807) is 0 Å². The lowest BCUT2D eigenvalue weighted by Crippen LogP contribution is -2.52. The molecule has 4 N–H and O–H groups in total. The molecule has 0 unspecified atom stereocenters. The minimum absolute atomic E-state index is 0.00806. The highest BCUT2D eigenvalue weighted by Crippen LogP contribution is 2.37. The third kappa shape index (κ3) is 5.36. The Morgan fingerprint density at radius 2 is 1.86 bits per heavy atom. The van der Waals surface area contributed by atoms with Crippen LogP contribution in [0.5, 0.6) is 23.0 Å². The first-order valence-corrected chi connectivity index (χ1v) is 11.8. The molecule has 1 atom stereocenters. The summed E-state index contributed by atoms with van der Waals surface area (Å²) < 4.78 is 17.3. The van der Waals surface area contributed by atoms with E-state index in [4.69, 9.17) is 25.8 Å². The van der Waals surface area contributed by atoms with Crippen LogP contribution < -0.4 is 19.5 Å². The smallest absolute Gasteiger partial charge is 0.326 e. The van der Waals surface area contributed by atoms with E-state index in [9.17, 15) is 20.1 Å². The molecule has 0 amide bonds. The van der Waals surface area contributed by atoms with E-state index >= 15 is 0 Å². The summed E-state index contributed by atoms with van der Waals surface area (Å²) in [7, 11) is 0. The fourth-order valence-corrected chi connectivity index (χ4v) is 4.09. The summed E-state index contributed by atoms with van der Waals surface area (Å²) in [6.45, 7) is 4.04.